The zero-order valence-corrected chi connectivity index (χ0v) is 16.3. The number of carbonyl (C=O) groups is 1. The van der Waals surface area contributed by atoms with E-state index in [9.17, 15) is 13.2 Å². The summed E-state index contributed by atoms with van der Waals surface area (Å²) in [5.74, 6) is -0.402. The van der Waals surface area contributed by atoms with Crippen LogP contribution in [0, 0.1) is 6.92 Å². The molecule has 0 aliphatic rings. The Morgan fingerprint density at radius 3 is 2.74 bits per heavy atom. The van der Waals surface area contributed by atoms with Gasteiger partial charge in [-0.1, -0.05) is 18.2 Å². The highest BCUT2D eigenvalue weighted by atomic mass is 32.2. The van der Waals surface area contributed by atoms with Crippen molar-refractivity contribution in [1.29, 1.82) is 0 Å². The van der Waals surface area contributed by atoms with Gasteiger partial charge in [0.05, 0.1) is 22.0 Å². The first-order chi connectivity index (χ1) is 12.9. The maximum absolute atomic E-state index is 12.2. The SMILES string of the molecule is Cc1cccc(S(=O)(=O)NCC(=O)NCc2ccnc(-c3cccs3)c2)c1. The van der Waals surface area contributed by atoms with Gasteiger partial charge in [0.1, 0.15) is 0 Å². The van der Waals surface area contributed by atoms with Crippen molar-refractivity contribution in [2.75, 3.05) is 6.54 Å². The number of sulfonamides is 1. The molecule has 0 aliphatic carbocycles. The monoisotopic (exact) mass is 401 g/mol. The molecule has 6 nitrogen and oxygen atoms in total. The molecule has 2 heterocycles. The average Bonchev–Trinajstić information content (AvgIpc) is 3.20. The predicted molar refractivity (Wildman–Crippen MR) is 106 cm³/mol. The van der Waals surface area contributed by atoms with Crippen molar-refractivity contribution in [1.82, 2.24) is 15.0 Å². The van der Waals surface area contributed by atoms with Crippen LogP contribution in [0.2, 0.25) is 0 Å². The molecule has 1 amide bonds. The predicted octanol–water partition coefficient (Wildman–Crippen LogP) is 2.71. The maximum atomic E-state index is 12.2. The molecule has 1 aromatic carbocycles. The number of nitrogens with one attached hydrogen (secondary N) is 2. The largest absolute Gasteiger partial charge is 0.351 e. The van der Waals surface area contributed by atoms with Crippen molar-refractivity contribution in [2.45, 2.75) is 18.4 Å². The third kappa shape index (κ3) is 5.22. The third-order valence-corrected chi connectivity index (χ3v) is 6.10. The molecule has 2 N–H and O–H groups in total. The molecule has 3 aromatic rings. The molecule has 8 heteroatoms. The van der Waals surface area contributed by atoms with Gasteiger partial charge in [-0.15, -0.1) is 11.3 Å². The number of aryl methyl sites for hydroxylation is 1. The van der Waals surface area contributed by atoms with Crippen LogP contribution in [0.3, 0.4) is 0 Å². The van der Waals surface area contributed by atoms with Gasteiger partial charge in [0.15, 0.2) is 0 Å². The van der Waals surface area contributed by atoms with E-state index in [4.69, 9.17) is 0 Å². The van der Waals surface area contributed by atoms with E-state index >= 15 is 0 Å². The number of amides is 1. The molecule has 0 unspecified atom stereocenters. The van der Waals surface area contributed by atoms with E-state index in [1.807, 2.05) is 42.6 Å². The van der Waals surface area contributed by atoms with Gasteiger partial charge in [-0.2, -0.15) is 0 Å². The summed E-state index contributed by atoms with van der Waals surface area (Å²) in [4.78, 5) is 17.5. The fourth-order valence-electron chi connectivity index (χ4n) is 2.43. The normalized spacial score (nSPS) is 11.3. The van der Waals surface area contributed by atoms with Crippen molar-refractivity contribution >= 4 is 27.3 Å². The Morgan fingerprint density at radius 1 is 1.15 bits per heavy atom. The smallest absolute Gasteiger partial charge is 0.241 e. The van der Waals surface area contributed by atoms with E-state index in [1.165, 1.54) is 6.07 Å². The van der Waals surface area contributed by atoms with Crippen LogP contribution < -0.4 is 10.0 Å². The minimum atomic E-state index is -3.72. The number of nitrogens with zero attached hydrogens (tertiary/aromatic N) is 1. The molecule has 0 fully saturated rings. The Balaban J connectivity index is 1.55. The summed E-state index contributed by atoms with van der Waals surface area (Å²) in [6.07, 6.45) is 1.69. The van der Waals surface area contributed by atoms with Crippen LogP contribution in [-0.2, 0) is 21.4 Å². The number of hydrogen-bond acceptors (Lipinski definition) is 5. The first-order valence-corrected chi connectivity index (χ1v) is 10.6. The van der Waals surface area contributed by atoms with E-state index in [1.54, 1.807) is 29.7 Å². The summed E-state index contributed by atoms with van der Waals surface area (Å²) in [7, 11) is -3.72. The summed E-state index contributed by atoms with van der Waals surface area (Å²) in [5.41, 5.74) is 2.57. The van der Waals surface area contributed by atoms with Crippen LogP contribution in [0.1, 0.15) is 11.1 Å². The van der Waals surface area contributed by atoms with Gasteiger partial charge in [0.25, 0.3) is 0 Å². The van der Waals surface area contributed by atoms with Gasteiger partial charge in [0.2, 0.25) is 15.9 Å². The molecule has 0 saturated carbocycles. The van der Waals surface area contributed by atoms with Crippen molar-refractivity contribution in [3.8, 4) is 10.6 Å². The molecule has 0 atom stereocenters. The second kappa shape index (κ2) is 8.43. The summed E-state index contributed by atoms with van der Waals surface area (Å²) in [5, 5.41) is 4.69. The number of carbonyl (C=O) groups excluding carboxylic acids is 1. The van der Waals surface area contributed by atoms with E-state index in [0.717, 1.165) is 21.7 Å². The van der Waals surface area contributed by atoms with Gasteiger partial charge >= 0.3 is 0 Å². The lowest BCUT2D eigenvalue weighted by Gasteiger charge is -2.09. The number of thiophene rings is 1. The molecule has 0 saturated heterocycles. The van der Waals surface area contributed by atoms with Crippen LogP contribution in [-0.4, -0.2) is 25.9 Å². The second-order valence-electron chi connectivity index (χ2n) is 5.94. The maximum Gasteiger partial charge on any atom is 0.241 e. The Labute approximate surface area is 162 Å². The zero-order chi connectivity index (χ0) is 19.3. The number of benzene rings is 1. The minimum Gasteiger partial charge on any atom is -0.351 e. The quantitative estimate of drug-likeness (QED) is 0.637. The lowest BCUT2D eigenvalue weighted by atomic mass is 10.2. The lowest BCUT2D eigenvalue weighted by molar-refractivity contribution is -0.120. The van der Waals surface area contributed by atoms with E-state index < -0.39 is 15.9 Å². The van der Waals surface area contributed by atoms with Gasteiger partial charge < -0.3 is 5.32 Å². The molecule has 0 spiro atoms. The number of hydrogen-bond donors (Lipinski definition) is 2. The standard InChI is InChI=1S/C19H19N3O3S2/c1-14-4-2-5-16(10-14)27(24,25)22-13-19(23)21-12-15-7-8-20-17(11-15)18-6-3-9-26-18/h2-11,22H,12-13H2,1H3,(H,21,23). The van der Waals surface area contributed by atoms with Gasteiger partial charge in [-0.05, 0) is 53.8 Å². The first-order valence-electron chi connectivity index (χ1n) is 8.26. The zero-order valence-electron chi connectivity index (χ0n) is 14.7. The third-order valence-electron chi connectivity index (χ3n) is 3.81. The fourth-order valence-corrected chi connectivity index (χ4v) is 4.21. The Bertz CT molecular complexity index is 1030. The molecule has 27 heavy (non-hydrogen) atoms. The minimum absolute atomic E-state index is 0.144. The second-order valence-corrected chi connectivity index (χ2v) is 8.66. The first kappa shape index (κ1) is 19.2. The lowest BCUT2D eigenvalue weighted by Crippen LogP contribution is -2.36. The van der Waals surface area contributed by atoms with Crippen molar-refractivity contribution < 1.29 is 13.2 Å². The van der Waals surface area contributed by atoms with Crippen molar-refractivity contribution in [3.63, 3.8) is 0 Å². The molecule has 0 aliphatic heterocycles. The van der Waals surface area contributed by atoms with Gasteiger partial charge in [-0.3, -0.25) is 9.78 Å². The summed E-state index contributed by atoms with van der Waals surface area (Å²) in [6, 6.07) is 14.2. The summed E-state index contributed by atoms with van der Waals surface area (Å²) in [6.45, 7) is 1.79. The van der Waals surface area contributed by atoms with Gasteiger partial charge in [0, 0.05) is 12.7 Å². The molecule has 140 valence electrons. The van der Waals surface area contributed by atoms with Crippen LogP contribution in [0.25, 0.3) is 10.6 Å². The number of pyridine rings is 1. The molecular formula is C19H19N3O3S2. The molecular weight excluding hydrogens is 382 g/mol. The highest BCUT2D eigenvalue weighted by Gasteiger charge is 2.15. The Kier molecular flexibility index (Phi) is 6.00. The topological polar surface area (TPSA) is 88.2 Å². The molecule has 2 aromatic heterocycles. The number of rotatable bonds is 7. The fraction of sp³-hybridized carbons (Fsp3) is 0.158. The highest BCUT2D eigenvalue weighted by molar-refractivity contribution is 7.89. The molecule has 0 radical (unpaired) electrons. The van der Waals surface area contributed by atoms with Crippen molar-refractivity contribution in [2.24, 2.45) is 0 Å². The Hall–Kier alpha value is -2.55. The van der Waals surface area contributed by atoms with E-state index in [-0.39, 0.29) is 11.4 Å². The summed E-state index contributed by atoms with van der Waals surface area (Å²) >= 11 is 1.59. The number of aromatic nitrogens is 1. The van der Waals surface area contributed by atoms with Crippen LogP contribution >= 0.6 is 11.3 Å². The van der Waals surface area contributed by atoms with Crippen molar-refractivity contribution in [3.05, 3.63) is 71.2 Å². The van der Waals surface area contributed by atoms with E-state index in [0.29, 0.717) is 6.54 Å². The van der Waals surface area contributed by atoms with Crippen LogP contribution in [0.15, 0.2) is 65.0 Å². The average molecular weight is 402 g/mol. The summed E-state index contributed by atoms with van der Waals surface area (Å²) < 4.78 is 26.8. The Morgan fingerprint density at radius 2 is 2.00 bits per heavy atom. The molecule has 0 bridgehead atoms. The van der Waals surface area contributed by atoms with E-state index in [2.05, 4.69) is 15.0 Å². The van der Waals surface area contributed by atoms with Crippen LogP contribution in [0.4, 0.5) is 0 Å². The highest BCUT2D eigenvalue weighted by Crippen LogP contribution is 2.22. The van der Waals surface area contributed by atoms with Crippen LogP contribution in [0.5, 0.6) is 0 Å². The van der Waals surface area contributed by atoms with Gasteiger partial charge in [-0.25, -0.2) is 13.1 Å². The molecule has 3 rings (SSSR count).